The molecule has 13 heteroatoms. The lowest BCUT2D eigenvalue weighted by Gasteiger charge is -2.36. The minimum atomic E-state index is -0.884. The maximum atomic E-state index is 11.3. The lowest BCUT2D eigenvalue weighted by molar-refractivity contribution is 0.0697. The summed E-state index contributed by atoms with van der Waals surface area (Å²) in [6.45, 7) is 10.3. The molecule has 6 aromatic rings. The number of aryl methyl sites for hydroxylation is 2. The van der Waals surface area contributed by atoms with Crippen molar-refractivity contribution in [2.24, 2.45) is 0 Å². The van der Waals surface area contributed by atoms with Gasteiger partial charge in [-0.15, -0.1) is 0 Å². The van der Waals surface area contributed by atoms with Crippen molar-refractivity contribution in [3.05, 3.63) is 107 Å². The summed E-state index contributed by atoms with van der Waals surface area (Å²) in [7, 11) is 6.75. The van der Waals surface area contributed by atoms with E-state index in [1.165, 1.54) is 22.9 Å². The number of H-pyrrole nitrogens is 2. The zero-order valence-corrected chi connectivity index (χ0v) is 37.1. The van der Waals surface area contributed by atoms with E-state index < -0.39 is 5.97 Å². The average molecular weight is 856 g/mol. The predicted molar refractivity (Wildman–Crippen MR) is 251 cm³/mol. The number of nitrogens with zero attached hydrogens (tertiary/aromatic N) is 5. The quantitative estimate of drug-likeness (QED) is 0.0764. The number of rotatable bonds is 17. The fourth-order valence-corrected chi connectivity index (χ4v) is 8.79. The minimum absolute atomic E-state index is 0.338. The van der Waals surface area contributed by atoms with Gasteiger partial charge in [0.15, 0.2) is 0 Å². The number of methoxy groups -OCH3 is 4. The highest BCUT2D eigenvalue weighted by Crippen LogP contribution is 2.34. The molecule has 0 aliphatic carbocycles. The Labute approximate surface area is 370 Å². The van der Waals surface area contributed by atoms with Crippen LogP contribution in [0.25, 0.3) is 21.8 Å². The van der Waals surface area contributed by atoms with Crippen molar-refractivity contribution in [1.82, 2.24) is 19.8 Å². The standard InChI is InChI=1S/C25H30N4O2.C25H31N3O4/c1-30-21-7-9-24(25(16-21)31-2)29-13-11-28(12-14-29)10-4-3-5-20-18-27-23-8-6-19(17-26)15-22(20)23;1-31-20-7-9-23(24(16-20)32-2)28-13-11-27(12-14-28)10-4-3-5-19-17-26-22-8-6-18(25(29)30)15-21(19)22/h6-9,15-16,18,27H,3-5,10-14H2,1-2H3;6-9,15-17,26H,3-5,10-14H2,1-2H3,(H,29,30). The van der Waals surface area contributed by atoms with Crippen molar-refractivity contribution in [2.45, 2.75) is 38.5 Å². The van der Waals surface area contributed by atoms with Crippen molar-refractivity contribution >= 4 is 39.1 Å². The highest BCUT2D eigenvalue weighted by Gasteiger charge is 2.22. The Bertz CT molecular complexity index is 2470. The molecule has 2 aliphatic heterocycles. The van der Waals surface area contributed by atoms with Gasteiger partial charge in [0.25, 0.3) is 0 Å². The molecule has 332 valence electrons. The van der Waals surface area contributed by atoms with Crippen LogP contribution in [-0.2, 0) is 12.8 Å². The van der Waals surface area contributed by atoms with Crippen molar-refractivity contribution in [3.8, 4) is 29.1 Å². The Kier molecular flexibility index (Phi) is 15.3. The Balaban J connectivity index is 0.000000189. The molecule has 13 nitrogen and oxygen atoms in total. The van der Waals surface area contributed by atoms with Crippen molar-refractivity contribution in [1.29, 1.82) is 5.26 Å². The van der Waals surface area contributed by atoms with Crippen LogP contribution in [0.5, 0.6) is 23.0 Å². The van der Waals surface area contributed by atoms with Crippen LogP contribution in [-0.4, -0.2) is 125 Å². The van der Waals surface area contributed by atoms with Crippen LogP contribution in [0.3, 0.4) is 0 Å². The number of unbranched alkanes of at least 4 members (excludes halogenated alkanes) is 2. The zero-order valence-electron chi connectivity index (χ0n) is 37.1. The number of aromatic carboxylic acids is 1. The van der Waals surface area contributed by atoms with E-state index in [9.17, 15) is 9.90 Å². The molecule has 0 radical (unpaired) electrons. The van der Waals surface area contributed by atoms with Gasteiger partial charge in [-0.2, -0.15) is 5.26 Å². The van der Waals surface area contributed by atoms with Gasteiger partial charge in [0.1, 0.15) is 23.0 Å². The topological polar surface area (TPSA) is 143 Å². The third-order valence-electron chi connectivity index (χ3n) is 12.5. The maximum Gasteiger partial charge on any atom is 0.335 e. The summed E-state index contributed by atoms with van der Waals surface area (Å²) in [5.41, 5.74) is 7.92. The largest absolute Gasteiger partial charge is 0.497 e. The number of ether oxygens (including phenoxy) is 4. The number of aromatic nitrogens is 2. The Morgan fingerprint density at radius 1 is 0.603 bits per heavy atom. The Morgan fingerprint density at radius 2 is 1.08 bits per heavy atom. The minimum Gasteiger partial charge on any atom is -0.497 e. The lowest BCUT2D eigenvalue weighted by atomic mass is 10.0. The lowest BCUT2D eigenvalue weighted by Crippen LogP contribution is -2.46. The summed E-state index contributed by atoms with van der Waals surface area (Å²) in [6, 6.07) is 25.4. The van der Waals surface area contributed by atoms with Crippen LogP contribution in [0, 0.1) is 11.3 Å². The van der Waals surface area contributed by atoms with E-state index in [0.29, 0.717) is 5.56 Å². The number of anilines is 2. The van der Waals surface area contributed by atoms with Crippen molar-refractivity contribution < 1.29 is 28.8 Å². The summed E-state index contributed by atoms with van der Waals surface area (Å²) < 4.78 is 21.7. The summed E-state index contributed by atoms with van der Waals surface area (Å²) in [6.07, 6.45) is 10.6. The van der Waals surface area contributed by atoms with Crippen LogP contribution in [0.2, 0.25) is 0 Å². The molecule has 8 rings (SSSR count). The molecule has 3 N–H and O–H groups in total. The molecule has 0 amide bonds. The number of nitriles is 1. The Morgan fingerprint density at radius 3 is 1.52 bits per heavy atom. The molecule has 4 aromatic carbocycles. The summed E-state index contributed by atoms with van der Waals surface area (Å²) in [5.74, 6) is 2.45. The van der Waals surface area contributed by atoms with E-state index in [4.69, 9.17) is 24.2 Å². The van der Waals surface area contributed by atoms with Crippen LogP contribution >= 0.6 is 0 Å². The van der Waals surface area contributed by atoms with Gasteiger partial charge < -0.3 is 43.8 Å². The van der Waals surface area contributed by atoms with Crippen molar-refractivity contribution in [2.75, 3.05) is 104 Å². The monoisotopic (exact) mass is 855 g/mol. The molecule has 2 aliphatic rings. The van der Waals surface area contributed by atoms with Gasteiger partial charge in [-0.25, -0.2) is 4.79 Å². The van der Waals surface area contributed by atoms with Crippen molar-refractivity contribution in [3.63, 3.8) is 0 Å². The highest BCUT2D eigenvalue weighted by molar-refractivity contribution is 5.94. The van der Waals surface area contributed by atoms with Gasteiger partial charge in [0.2, 0.25) is 0 Å². The Hall–Kier alpha value is -6.36. The molecule has 2 saturated heterocycles. The van der Waals surface area contributed by atoms with Gasteiger partial charge in [-0.1, -0.05) is 0 Å². The molecule has 0 atom stereocenters. The molecular formula is C50H61N7O6. The fraction of sp³-hybridized carbons (Fsp3) is 0.400. The fourth-order valence-electron chi connectivity index (χ4n) is 8.79. The van der Waals surface area contributed by atoms with E-state index in [0.717, 1.165) is 154 Å². The predicted octanol–water partition coefficient (Wildman–Crippen LogP) is 8.23. The molecule has 0 unspecified atom stereocenters. The second kappa shape index (κ2) is 21.6. The first-order valence-electron chi connectivity index (χ1n) is 22.0. The second-order valence-corrected chi connectivity index (χ2v) is 16.2. The first-order chi connectivity index (χ1) is 30.8. The van der Waals surface area contributed by atoms with E-state index >= 15 is 0 Å². The smallest absolute Gasteiger partial charge is 0.335 e. The molecule has 0 spiro atoms. The third kappa shape index (κ3) is 11.2. The van der Waals surface area contributed by atoms with Crippen LogP contribution in [0.15, 0.2) is 85.2 Å². The van der Waals surface area contributed by atoms with Gasteiger partial charge in [-0.05, 0) is 123 Å². The number of nitrogens with one attached hydrogen (secondary N) is 2. The normalized spacial score (nSPS) is 14.6. The van der Waals surface area contributed by atoms with E-state index in [2.05, 4.69) is 54.0 Å². The van der Waals surface area contributed by atoms with Gasteiger partial charge >= 0.3 is 5.97 Å². The van der Waals surface area contributed by atoms with Gasteiger partial charge in [-0.3, -0.25) is 9.80 Å². The second-order valence-electron chi connectivity index (χ2n) is 16.2. The molecule has 0 bridgehead atoms. The number of carbonyl (C=O) groups is 1. The molecule has 0 saturated carbocycles. The number of aromatic amines is 2. The molecule has 4 heterocycles. The number of carboxylic acid groups (broad SMARTS) is 1. The molecule has 63 heavy (non-hydrogen) atoms. The number of fused-ring (bicyclic) bond motifs is 2. The number of hydrogen-bond donors (Lipinski definition) is 3. The molecule has 2 aromatic heterocycles. The number of piperazine rings is 2. The highest BCUT2D eigenvalue weighted by atomic mass is 16.5. The summed E-state index contributed by atoms with van der Waals surface area (Å²) in [5, 5.41) is 20.6. The SMILES string of the molecule is COc1ccc(N2CCN(CCCCc3c[nH]c4ccc(C#N)cc34)CC2)c(OC)c1.COc1ccc(N2CCN(CCCCc3c[nH]c4ccc(C(=O)O)cc34)CC2)c(OC)c1. The van der Waals surface area contributed by atoms with Crippen LogP contribution in [0.1, 0.15) is 52.7 Å². The van der Waals surface area contributed by atoms with E-state index in [1.807, 2.05) is 54.7 Å². The number of hydrogen-bond acceptors (Lipinski definition) is 10. The zero-order chi connectivity index (χ0) is 44.1. The number of carboxylic acids is 1. The summed E-state index contributed by atoms with van der Waals surface area (Å²) >= 11 is 0. The molecule has 2 fully saturated rings. The van der Waals surface area contributed by atoms with E-state index in [1.54, 1.807) is 40.6 Å². The average Bonchev–Trinajstić information content (AvgIpc) is 3.94. The van der Waals surface area contributed by atoms with E-state index in [-0.39, 0.29) is 0 Å². The first-order valence-corrected chi connectivity index (χ1v) is 22.0. The maximum absolute atomic E-state index is 11.3. The molecular weight excluding hydrogens is 795 g/mol. The first kappa shape index (κ1) is 44.7. The number of benzene rings is 4. The van der Waals surface area contributed by atoms with Gasteiger partial charge in [0, 0.05) is 98.7 Å². The third-order valence-corrected chi connectivity index (χ3v) is 12.5. The van der Waals surface area contributed by atoms with Crippen LogP contribution < -0.4 is 28.7 Å². The summed E-state index contributed by atoms with van der Waals surface area (Å²) in [4.78, 5) is 27.7. The van der Waals surface area contributed by atoms with Crippen LogP contribution in [0.4, 0.5) is 11.4 Å². The van der Waals surface area contributed by atoms with Gasteiger partial charge in [0.05, 0.1) is 57.0 Å².